The number of fused-ring (bicyclic) bond motifs is 1. The number of amides is 1. The third-order valence-electron chi connectivity index (χ3n) is 5.83. The summed E-state index contributed by atoms with van der Waals surface area (Å²) in [6.45, 7) is 6.54. The molecule has 27 heavy (non-hydrogen) atoms. The third-order valence-corrected chi connectivity index (χ3v) is 6.88. The Labute approximate surface area is 164 Å². The van der Waals surface area contributed by atoms with Crippen LogP contribution in [-0.2, 0) is 19.4 Å². The van der Waals surface area contributed by atoms with Crippen molar-refractivity contribution in [2.45, 2.75) is 39.2 Å². The predicted molar refractivity (Wildman–Crippen MR) is 108 cm³/mol. The number of benzene rings is 1. The molecule has 1 atom stereocenters. The molecule has 1 aromatic carbocycles. The Bertz CT molecular complexity index is 801. The summed E-state index contributed by atoms with van der Waals surface area (Å²) in [7, 11) is 0. The Kier molecular flexibility index (Phi) is 5.60. The van der Waals surface area contributed by atoms with Crippen LogP contribution in [0.3, 0.4) is 0 Å². The molecule has 1 aliphatic carbocycles. The lowest BCUT2D eigenvalue weighted by atomic mass is 9.88. The highest BCUT2D eigenvalue weighted by Crippen LogP contribution is 2.33. The molecule has 2 heterocycles. The van der Waals surface area contributed by atoms with Crippen molar-refractivity contribution in [3.8, 4) is 0 Å². The first kappa shape index (κ1) is 18.6. The van der Waals surface area contributed by atoms with Crippen LogP contribution < -0.4 is 0 Å². The van der Waals surface area contributed by atoms with Crippen molar-refractivity contribution in [3.63, 3.8) is 0 Å². The summed E-state index contributed by atoms with van der Waals surface area (Å²) in [5.41, 5.74) is 3.39. The lowest BCUT2D eigenvalue weighted by molar-refractivity contribution is 0.0760. The average Bonchev–Trinajstić information content (AvgIpc) is 2.93. The molecule has 0 bridgehead atoms. The van der Waals surface area contributed by atoms with Crippen molar-refractivity contribution >= 4 is 17.2 Å². The van der Waals surface area contributed by atoms with Crippen LogP contribution in [0.1, 0.15) is 46.1 Å². The van der Waals surface area contributed by atoms with Crippen molar-refractivity contribution in [2.24, 2.45) is 5.92 Å². The SMILES string of the molecule is CC1CCc2c(C(=O)N3CCCN(Cc4ccc(F)cc4)CC3)csc2C1. The van der Waals surface area contributed by atoms with Crippen LogP contribution in [0.2, 0.25) is 0 Å². The van der Waals surface area contributed by atoms with Crippen LogP contribution in [0.15, 0.2) is 29.6 Å². The van der Waals surface area contributed by atoms with Gasteiger partial charge in [-0.15, -0.1) is 11.3 Å². The molecule has 1 unspecified atom stereocenters. The molecule has 0 N–H and O–H groups in total. The van der Waals surface area contributed by atoms with Gasteiger partial charge in [-0.05, 0) is 54.9 Å². The second kappa shape index (κ2) is 8.11. The van der Waals surface area contributed by atoms with E-state index in [0.717, 1.165) is 69.0 Å². The van der Waals surface area contributed by atoms with Gasteiger partial charge in [0.2, 0.25) is 0 Å². The van der Waals surface area contributed by atoms with Crippen LogP contribution in [0, 0.1) is 11.7 Å². The number of carbonyl (C=O) groups excluding carboxylic acids is 1. The van der Waals surface area contributed by atoms with Gasteiger partial charge in [0.15, 0.2) is 0 Å². The summed E-state index contributed by atoms with van der Waals surface area (Å²) in [6.07, 6.45) is 4.34. The van der Waals surface area contributed by atoms with Crippen molar-refractivity contribution in [1.82, 2.24) is 9.80 Å². The van der Waals surface area contributed by atoms with Gasteiger partial charge in [0.05, 0.1) is 5.56 Å². The van der Waals surface area contributed by atoms with Crippen LogP contribution in [0.25, 0.3) is 0 Å². The smallest absolute Gasteiger partial charge is 0.255 e. The maximum atomic E-state index is 13.1. The maximum absolute atomic E-state index is 13.1. The number of thiophene rings is 1. The van der Waals surface area contributed by atoms with E-state index in [1.54, 1.807) is 11.3 Å². The predicted octanol–water partition coefficient (Wildman–Crippen LogP) is 4.36. The number of halogens is 1. The van der Waals surface area contributed by atoms with E-state index in [4.69, 9.17) is 0 Å². The van der Waals surface area contributed by atoms with Crippen molar-refractivity contribution in [3.05, 3.63) is 57.0 Å². The second-order valence-corrected chi connectivity index (χ2v) is 8.91. The monoisotopic (exact) mass is 386 g/mol. The molecular weight excluding hydrogens is 359 g/mol. The molecule has 0 radical (unpaired) electrons. The molecule has 1 aliphatic heterocycles. The fourth-order valence-corrected chi connectivity index (χ4v) is 5.45. The van der Waals surface area contributed by atoms with Gasteiger partial charge in [0.25, 0.3) is 5.91 Å². The minimum Gasteiger partial charge on any atom is -0.337 e. The van der Waals surface area contributed by atoms with Gasteiger partial charge in [-0.25, -0.2) is 4.39 Å². The first-order valence-corrected chi connectivity index (χ1v) is 10.8. The van der Waals surface area contributed by atoms with Crippen LogP contribution in [-0.4, -0.2) is 41.9 Å². The quantitative estimate of drug-likeness (QED) is 0.782. The zero-order valence-electron chi connectivity index (χ0n) is 15.9. The molecule has 5 heteroatoms. The van der Waals surface area contributed by atoms with Gasteiger partial charge in [-0.1, -0.05) is 19.1 Å². The largest absolute Gasteiger partial charge is 0.337 e. The summed E-state index contributed by atoms with van der Waals surface area (Å²) >= 11 is 1.77. The molecular formula is C22H27FN2OS. The van der Waals surface area contributed by atoms with E-state index in [1.807, 2.05) is 17.0 Å². The van der Waals surface area contributed by atoms with Crippen LogP contribution >= 0.6 is 11.3 Å². The summed E-state index contributed by atoms with van der Waals surface area (Å²) < 4.78 is 13.1. The van der Waals surface area contributed by atoms with Gasteiger partial charge >= 0.3 is 0 Å². The first-order chi connectivity index (χ1) is 13.1. The summed E-state index contributed by atoms with van der Waals surface area (Å²) in [4.78, 5) is 19.0. The highest BCUT2D eigenvalue weighted by molar-refractivity contribution is 7.10. The van der Waals surface area contributed by atoms with E-state index >= 15 is 0 Å². The van der Waals surface area contributed by atoms with E-state index in [9.17, 15) is 9.18 Å². The fraction of sp³-hybridized carbons (Fsp3) is 0.500. The van der Waals surface area contributed by atoms with Gasteiger partial charge < -0.3 is 4.90 Å². The molecule has 1 aromatic heterocycles. The van der Waals surface area contributed by atoms with Gasteiger partial charge in [-0.2, -0.15) is 0 Å². The van der Waals surface area contributed by atoms with Crippen molar-refractivity contribution in [1.29, 1.82) is 0 Å². The van der Waals surface area contributed by atoms with E-state index in [0.29, 0.717) is 0 Å². The van der Waals surface area contributed by atoms with E-state index in [-0.39, 0.29) is 11.7 Å². The molecule has 144 valence electrons. The Hall–Kier alpha value is -1.72. The summed E-state index contributed by atoms with van der Waals surface area (Å²) in [6, 6.07) is 6.73. The van der Waals surface area contributed by atoms with Crippen molar-refractivity contribution in [2.75, 3.05) is 26.2 Å². The molecule has 0 saturated carbocycles. The lowest BCUT2D eigenvalue weighted by Crippen LogP contribution is -2.35. The van der Waals surface area contributed by atoms with Crippen molar-refractivity contribution < 1.29 is 9.18 Å². The minimum atomic E-state index is -0.195. The number of hydrogen-bond acceptors (Lipinski definition) is 3. The van der Waals surface area contributed by atoms with E-state index < -0.39 is 0 Å². The van der Waals surface area contributed by atoms with Crippen LogP contribution in [0.4, 0.5) is 4.39 Å². The van der Waals surface area contributed by atoms with Gasteiger partial charge in [0, 0.05) is 43.0 Å². The highest BCUT2D eigenvalue weighted by Gasteiger charge is 2.27. The van der Waals surface area contributed by atoms with E-state index in [2.05, 4.69) is 17.2 Å². The first-order valence-electron chi connectivity index (χ1n) is 9.95. The Morgan fingerprint density at radius 1 is 1.19 bits per heavy atom. The Balaban J connectivity index is 1.39. The Morgan fingerprint density at radius 3 is 2.81 bits per heavy atom. The molecule has 4 rings (SSSR count). The molecule has 2 aromatic rings. The number of nitrogens with zero attached hydrogens (tertiary/aromatic N) is 2. The Morgan fingerprint density at radius 2 is 2.00 bits per heavy atom. The normalized spacial score (nSPS) is 21.0. The minimum absolute atomic E-state index is 0.195. The zero-order valence-corrected chi connectivity index (χ0v) is 16.7. The third kappa shape index (κ3) is 4.25. The number of rotatable bonds is 3. The highest BCUT2D eigenvalue weighted by atomic mass is 32.1. The standard InChI is InChI=1S/C22H27FN2OS/c1-16-3-8-19-20(15-27-21(19)13-16)22(26)25-10-2-9-24(11-12-25)14-17-4-6-18(23)7-5-17/h4-7,15-16H,2-3,8-14H2,1H3. The molecule has 3 nitrogen and oxygen atoms in total. The molecule has 1 amide bonds. The second-order valence-electron chi connectivity index (χ2n) is 7.95. The average molecular weight is 387 g/mol. The number of carbonyl (C=O) groups is 1. The van der Waals surface area contributed by atoms with Gasteiger partial charge in [-0.3, -0.25) is 9.69 Å². The maximum Gasteiger partial charge on any atom is 0.255 e. The fourth-order valence-electron chi connectivity index (χ4n) is 4.21. The topological polar surface area (TPSA) is 23.6 Å². The molecule has 1 fully saturated rings. The summed E-state index contributed by atoms with van der Waals surface area (Å²) in [5.74, 6) is 0.753. The number of hydrogen-bond donors (Lipinski definition) is 0. The molecule has 0 spiro atoms. The molecule has 2 aliphatic rings. The summed E-state index contributed by atoms with van der Waals surface area (Å²) in [5, 5.41) is 2.09. The van der Waals surface area contributed by atoms with Crippen LogP contribution in [0.5, 0.6) is 0 Å². The molecule has 1 saturated heterocycles. The zero-order chi connectivity index (χ0) is 18.8. The van der Waals surface area contributed by atoms with E-state index in [1.165, 1.54) is 29.0 Å². The van der Waals surface area contributed by atoms with Gasteiger partial charge in [0.1, 0.15) is 5.82 Å². The lowest BCUT2D eigenvalue weighted by Gasteiger charge is -2.24.